The molecule has 0 aliphatic rings. The van der Waals surface area contributed by atoms with Crippen molar-refractivity contribution in [3.63, 3.8) is 0 Å². The van der Waals surface area contributed by atoms with Crippen LogP contribution < -0.4 is 16.4 Å². The maximum atomic E-state index is 5.98. The third-order valence-corrected chi connectivity index (χ3v) is 4.58. The Morgan fingerprint density at radius 2 is 2.04 bits per heavy atom. The normalized spacial score (nSPS) is 12.9. The summed E-state index contributed by atoms with van der Waals surface area (Å²) in [4.78, 5) is 12.8. The second-order valence-electron chi connectivity index (χ2n) is 6.48. The highest BCUT2D eigenvalue weighted by Crippen LogP contribution is 2.20. The Labute approximate surface area is 158 Å². The van der Waals surface area contributed by atoms with Crippen LogP contribution in [0.25, 0.3) is 11.0 Å². The molecule has 0 saturated carbocycles. The Hall–Kier alpha value is -3.16. The SMILES string of the molecule is CCC(C)c1ccc(NC(N)=NCCNc2ncnc3c2cnn3C)cc1. The standard InChI is InChI=1S/C19H26N8/c1-4-13(2)14-5-7-15(8-6-14)26-19(20)22-10-9-21-17-16-11-25-27(3)18(16)24-12-23-17/h5-8,11-13H,4,9-10H2,1-3H3,(H3,20,22,26)(H,21,23,24). The first-order chi connectivity index (χ1) is 13.1. The number of nitrogens with zero attached hydrogens (tertiary/aromatic N) is 5. The summed E-state index contributed by atoms with van der Waals surface area (Å²) in [6.45, 7) is 5.55. The number of anilines is 2. The predicted octanol–water partition coefficient (Wildman–Crippen LogP) is 2.72. The summed E-state index contributed by atoms with van der Waals surface area (Å²) in [6.07, 6.45) is 4.40. The van der Waals surface area contributed by atoms with Crippen molar-refractivity contribution in [2.75, 3.05) is 23.7 Å². The molecule has 1 atom stereocenters. The molecule has 3 rings (SSSR count). The first kappa shape index (κ1) is 18.6. The zero-order valence-corrected chi connectivity index (χ0v) is 16.0. The number of rotatable bonds is 7. The van der Waals surface area contributed by atoms with Crippen LogP contribution in [-0.2, 0) is 7.05 Å². The number of aryl methyl sites for hydroxylation is 1. The molecule has 0 radical (unpaired) electrons. The first-order valence-corrected chi connectivity index (χ1v) is 9.12. The van der Waals surface area contributed by atoms with E-state index >= 15 is 0 Å². The molecule has 0 fully saturated rings. The third-order valence-electron chi connectivity index (χ3n) is 4.58. The number of fused-ring (bicyclic) bond motifs is 1. The number of aromatic nitrogens is 4. The molecule has 1 unspecified atom stereocenters. The van der Waals surface area contributed by atoms with Gasteiger partial charge in [-0.3, -0.25) is 9.67 Å². The van der Waals surface area contributed by atoms with Crippen LogP contribution in [0, 0.1) is 0 Å². The lowest BCUT2D eigenvalue weighted by Crippen LogP contribution is -2.23. The van der Waals surface area contributed by atoms with Gasteiger partial charge in [-0.1, -0.05) is 26.0 Å². The molecular weight excluding hydrogens is 340 g/mol. The first-order valence-electron chi connectivity index (χ1n) is 9.12. The van der Waals surface area contributed by atoms with E-state index in [-0.39, 0.29) is 0 Å². The van der Waals surface area contributed by atoms with Crippen molar-refractivity contribution in [1.29, 1.82) is 0 Å². The van der Waals surface area contributed by atoms with Gasteiger partial charge in [-0.25, -0.2) is 9.97 Å². The van der Waals surface area contributed by atoms with Crippen LogP contribution in [0.1, 0.15) is 31.7 Å². The molecule has 0 bridgehead atoms. The van der Waals surface area contributed by atoms with E-state index < -0.39 is 0 Å². The number of hydrogen-bond acceptors (Lipinski definition) is 5. The van der Waals surface area contributed by atoms with Crippen LogP contribution in [0.5, 0.6) is 0 Å². The highest BCUT2D eigenvalue weighted by Gasteiger charge is 2.07. The number of hydrogen-bond donors (Lipinski definition) is 3. The molecule has 8 heteroatoms. The Morgan fingerprint density at radius 3 is 2.78 bits per heavy atom. The van der Waals surface area contributed by atoms with Crippen LogP contribution in [0.4, 0.5) is 11.5 Å². The van der Waals surface area contributed by atoms with Gasteiger partial charge in [-0.15, -0.1) is 0 Å². The van der Waals surface area contributed by atoms with Crippen molar-refractivity contribution in [2.45, 2.75) is 26.2 Å². The summed E-state index contributed by atoms with van der Waals surface area (Å²) in [5.41, 5.74) is 9.03. The Bertz CT molecular complexity index is 913. The minimum Gasteiger partial charge on any atom is -0.370 e. The van der Waals surface area contributed by atoms with E-state index in [1.807, 2.05) is 19.2 Å². The molecule has 4 N–H and O–H groups in total. The maximum absolute atomic E-state index is 5.98. The van der Waals surface area contributed by atoms with E-state index in [2.05, 4.69) is 56.7 Å². The lowest BCUT2D eigenvalue weighted by molar-refractivity contribution is 0.734. The Kier molecular flexibility index (Phi) is 5.85. The van der Waals surface area contributed by atoms with Crippen LogP contribution >= 0.6 is 0 Å². The van der Waals surface area contributed by atoms with Crippen molar-refractivity contribution in [3.05, 3.63) is 42.4 Å². The van der Waals surface area contributed by atoms with Gasteiger partial charge in [0.25, 0.3) is 0 Å². The van der Waals surface area contributed by atoms with Gasteiger partial charge in [-0.05, 0) is 30.0 Å². The van der Waals surface area contributed by atoms with Crippen molar-refractivity contribution in [3.8, 4) is 0 Å². The number of aliphatic imine (C=N–C) groups is 1. The van der Waals surface area contributed by atoms with Gasteiger partial charge in [-0.2, -0.15) is 5.10 Å². The van der Waals surface area contributed by atoms with Gasteiger partial charge < -0.3 is 16.4 Å². The van der Waals surface area contributed by atoms with Gasteiger partial charge in [0.1, 0.15) is 12.1 Å². The Balaban J connectivity index is 1.52. The quantitative estimate of drug-likeness (QED) is 0.337. The van der Waals surface area contributed by atoms with Gasteiger partial charge in [0.2, 0.25) is 0 Å². The van der Waals surface area contributed by atoms with E-state index in [1.54, 1.807) is 10.9 Å². The van der Waals surface area contributed by atoms with E-state index in [0.717, 1.165) is 29.0 Å². The molecule has 0 amide bonds. The molecule has 2 aromatic heterocycles. The second-order valence-corrected chi connectivity index (χ2v) is 6.48. The minimum absolute atomic E-state index is 0.391. The minimum atomic E-state index is 0.391. The van der Waals surface area contributed by atoms with E-state index in [9.17, 15) is 0 Å². The summed E-state index contributed by atoms with van der Waals surface area (Å²) in [7, 11) is 1.85. The van der Waals surface area contributed by atoms with Crippen molar-refractivity contribution >= 4 is 28.5 Å². The van der Waals surface area contributed by atoms with Gasteiger partial charge in [0.15, 0.2) is 11.6 Å². The molecule has 3 aromatic rings. The summed E-state index contributed by atoms with van der Waals surface area (Å²) in [6, 6.07) is 8.31. The van der Waals surface area contributed by atoms with Gasteiger partial charge in [0.05, 0.1) is 18.1 Å². The molecule has 0 spiro atoms. The summed E-state index contributed by atoms with van der Waals surface area (Å²) in [5.74, 6) is 1.70. The fourth-order valence-corrected chi connectivity index (χ4v) is 2.77. The topological polar surface area (TPSA) is 106 Å². The molecule has 0 aliphatic carbocycles. The third kappa shape index (κ3) is 4.52. The van der Waals surface area contributed by atoms with Crippen molar-refractivity contribution in [1.82, 2.24) is 19.7 Å². The number of benzene rings is 1. The molecule has 27 heavy (non-hydrogen) atoms. The Morgan fingerprint density at radius 1 is 1.26 bits per heavy atom. The largest absolute Gasteiger partial charge is 0.370 e. The smallest absolute Gasteiger partial charge is 0.193 e. The van der Waals surface area contributed by atoms with E-state index in [0.29, 0.717) is 25.0 Å². The summed E-state index contributed by atoms with van der Waals surface area (Å²) < 4.78 is 1.72. The lowest BCUT2D eigenvalue weighted by atomic mass is 9.99. The fourth-order valence-electron chi connectivity index (χ4n) is 2.77. The maximum Gasteiger partial charge on any atom is 0.193 e. The van der Waals surface area contributed by atoms with E-state index in [4.69, 9.17) is 5.73 Å². The fraction of sp³-hybridized carbons (Fsp3) is 0.368. The molecular formula is C19H26N8. The average molecular weight is 366 g/mol. The molecule has 1 aromatic carbocycles. The van der Waals surface area contributed by atoms with Crippen molar-refractivity contribution < 1.29 is 0 Å². The van der Waals surface area contributed by atoms with Crippen LogP contribution in [0.2, 0.25) is 0 Å². The van der Waals surface area contributed by atoms with Gasteiger partial charge >= 0.3 is 0 Å². The van der Waals surface area contributed by atoms with Gasteiger partial charge in [0, 0.05) is 19.3 Å². The molecule has 142 valence electrons. The van der Waals surface area contributed by atoms with E-state index in [1.165, 1.54) is 11.9 Å². The second kappa shape index (κ2) is 8.48. The summed E-state index contributed by atoms with van der Waals surface area (Å²) in [5, 5.41) is 11.5. The zero-order chi connectivity index (χ0) is 19.2. The molecule has 0 saturated heterocycles. The van der Waals surface area contributed by atoms with Crippen LogP contribution in [-0.4, -0.2) is 38.8 Å². The molecule has 8 nitrogen and oxygen atoms in total. The van der Waals surface area contributed by atoms with Crippen molar-refractivity contribution in [2.24, 2.45) is 17.8 Å². The van der Waals surface area contributed by atoms with Crippen LogP contribution in [0.3, 0.4) is 0 Å². The molecule has 0 aliphatic heterocycles. The highest BCUT2D eigenvalue weighted by atomic mass is 15.3. The predicted molar refractivity (Wildman–Crippen MR) is 110 cm³/mol. The zero-order valence-electron chi connectivity index (χ0n) is 16.0. The lowest BCUT2D eigenvalue weighted by Gasteiger charge is -2.11. The average Bonchev–Trinajstić information content (AvgIpc) is 3.07. The highest BCUT2D eigenvalue weighted by molar-refractivity contribution is 5.92. The number of nitrogens with two attached hydrogens (primary N) is 1. The summed E-state index contributed by atoms with van der Waals surface area (Å²) >= 11 is 0. The number of nitrogens with one attached hydrogen (secondary N) is 2. The molecule has 2 heterocycles. The van der Waals surface area contributed by atoms with Crippen LogP contribution in [0.15, 0.2) is 41.8 Å². The monoisotopic (exact) mass is 366 g/mol. The number of guanidine groups is 1.